The first kappa shape index (κ1) is 34.2. The quantitative estimate of drug-likeness (QED) is 0.220. The number of hydrogen-bond acceptors (Lipinski definition) is 6. The normalized spacial score (nSPS) is 18.2. The van der Waals surface area contributed by atoms with Gasteiger partial charge in [-0.1, -0.05) is 68.4 Å². The highest BCUT2D eigenvalue weighted by molar-refractivity contribution is 6.07. The standard InChI is InChI=1S/C39H50N4O4/c1-26(2)19-28-11-13-31(14-12-28)27(3)39(45)40-24-37(44)41-42-38-33(21-32-22-35(46-4)36(47-5)23-34(32)38)20-29-15-17-43(18-16-29)25-30-9-7-6-8-10-30/h6-14,22-23,26-27,29,33H,15-21,24-25H2,1-5H3,(H,40,45)(H,41,44)/b42-38-. The number of hydrazone groups is 1. The average Bonchev–Trinajstić information content (AvgIpc) is 3.41. The summed E-state index contributed by atoms with van der Waals surface area (Å²) in [7, 11) is 3.27. The molecular weight excluding hydrogens is 588 g/mol. The lowest BCUT2D eigenvalue weighted by Crippen LogP contribution is -2.37. The molecule has 1 aliphatic heterocycles. The molecule has 3 aromatic carbocycles. The highest BCUT2D eigenvalue weighted by Gasteiger charge is 2.33. The minimum Gasteiger partial charge on any atom is -0.493 e. The first-order valence-corrected chi connectivity index (χ1v) is 17.0. The summed E-state index contributed by atoms with van der Waals surface area (Å²) in [6.07, 6.45) is 5.10. The van der Waals surface area contributed by atoms with Gasteiger partial charge in [-0.2, -0.15) is 5.10 Å². The van der Waals surface area contributed by atoms with Gasteiger partial charge in [0.25, 0.3) is 5.91 Å². The molecule has 2 atom stereocenters. The van der Waals surface area contributed by atoms with Gasteiger partial charge in [0.15, 0.2) is 11.5 Å². The summed E-state index contributed by atoms with van der Waals surface area (Å²) >= 11 is 0. The molecule has 250 valence electrons. The second-order valence-electron chi connectivity index (χ2n) is 13.5. The van der Waals surface area contributed by atoms with Crippen molar-refractivity contribution in [2.75, 3.05) is 33.9 Å². The van der Waals surface area contributed by atoms with Crippen molar-refractivity contribution < 1.29 is 19.1 Å². The number of likely N-dealkylation sites (tertiary alicyclic amines) is 1. The Hall–Kier alpha value is -4.17. The predicted molar refractivity (Wildman–Crippen MR) is 187 cm³/mol. The van der Waals surface area contributed by atoms with Gasteiger partial charge < -0.3 is 14.8 Å². The van der Waals surface area contributed by atoms with E-state index in [1.165, 1.54) is 11.1 Å². The molecule has 0 aromatic heterocycles. The van der Waals surface area contributed by atoms with Crippen molar-refractivity contribution in [2.45, 2.75) is 65.3 Å². The van der Waals surface area contributed by atoms with Crippen molar-refractivity contribution in [3.8, 4) is 11.5 Å². The van der Waals surface area contributed by atoms with E-state index in [2.05, 4.69) is 77.1 Å². The fourth-order valence-corrected chi connectivity index (χ4v) is 6.93. The van der Waals surface area contributed by atoms with Crippen LogP contribution in [0.1, 0.15) is 73.8 Å². The number of methoxy groups -OCH3 is 2. The minimum atomic E-state index is -0.366. The molecular formula is C39H50N4O4. The fourth-order valence-electron chi connectivity index (χ4n) is 6.93. The first-order valence-electron chi connectivity index (χ1n) is 17.0. The van der Waals surface area contributed by atoms with Crippen LogP contribution in [0.4, 0.5) is 0 Å². The van der Waals surface area contributed by atoms with E-state index < -0.39 is 0 Å². The summed E-state index contributed by atoms with van der Waals surface area (Å²) in [6, 6.07) is 22.8. The summed E-state index contributed by atoms with van der Waals surface area (Å²) in [5, 5.41) is 7.48. The summed E-state index contributed by atoms with van der Waals surface area (Å²) < 4.78 is 11.2. The number of hydrogen-bond donors (Lipinski definition) is 2. The van der Waals surface area contributed by atoms with E-state index in [0.29, 0.717) is 23.3 Å². The Morgan fingerprint density at radius 1 is 0.915 bits per heavy atom. The molecule has 0 bridgehead atoms. The predicted octanol–water partition coefficient (Wildman–Crippen LogP) is 6.12. The van der Waals surface area contributed by atoms with Crippen molar-refractivity contribution in [3.05, 3.63) is 94.5 Å². The Bertz CT molecular complexity index is 1530. The van der Waals surface area contributed by atoms with Crippen molar-refractivity contribution in [1.29, 1.82) is 0 Å². The number of fused-ring (bicyclic) bond motifs is 1. The maximum Gasteiger partial charge on any atom is 0.259 e. The van der Waals surface area contributed by atoms with Crippen molar-refractivity contribution in [1.82, 2.24) is 15.6 Å². The number of carbonyl (C=O) groups excluding carboxylic acids is 2. The van der Waals surface area contributed by atoms with Crippen molar-refractivity contribution >= 4 is 17.5 Å². The van der Waals surface area contributed by atoms with Gasteiger partial charge in [0.1, 0.15) is 0 Å². The van der Waals surface area contributed by atoms with Gasteiger partial charge >= 0.3 is 0 Å². The van der Waals surface area contributed by atoms with Crippen LogP contribution in [0.2, 0.25) is 0 Å². The summed E-state index contributed by atoms with van der Waals surface area (Å²) in [5.41, 5.74) is 9.27. The molecule has 3 aromatic rings. The van der Waals surface area contributed by atoms with E-state index in [9.17, 15) is 9.59 Å². The molecule has 1 aliphatic carbocycles. The van der Waals surface area contributed by atoms with Crippen LogP contribution in [0.25, 0.3) is 0 Å². The zero-order chi connectivity index (χ0) is 33.3. The summed E-state index contributed by atoms with van der Waals surface area (Å²) in [4.78, 5) is 28.4. The van der Waals surface area contributed by atoms with Crippen LogP contribution in [-0.4, -0.2) is 56.3 Å². The van der Waals surface area contributed by atoms with Gasteiger partial charge in [0.2, 0.25) is 5.91 Å². The third-order valence-corrected chi connectivity index (χ3v) is 9.55. The highest BCUT2D eigenvalue weighted by Crippen LogP contribution is 2.40. The maximum atomic E-state index is 12.9. The van der Waals surface area contributed by atoms with Crippen LogP contribution in [0.3, 0.4) is 0 Å². The van der Waals surface area contributed by atoms with Gasteiger partial charge in [-0.15, -0.1) is 0 Å². The third kappa shape index (κ3) is 9.01. The van der Waals surface area contributed by atoms with Crippen LogP contribution >= 0.6 is 0 Å². The molecule has 2 N–H and O–H groups in total. The second-order valence-corrected chi connectivity index (χ2v) is 13.5. The number of rotatable bonds is 13. The van der Waals surface area contributed by atoms with Crippen molar-refractivity contribution in [2.24, 2.45) is 22.9 Å². The van der Waals surface area contributed by atoms with Gasteiger partial charge in [-0.05, 0) is 98.3 Å². The lowest BCUT2D eigenvalue weighted by Gasteiger charge is -2.33. The zero-order valence-corrected chi connectivity index (χ0v) is 28.6. The second kappa shape index (κ2) is 16.1. The molecule has 0 radical (unpaired) electrons. The van der Waals surface area contributed by atoms with Gasteiger partial charge in [0, 0.05) is 18.0 Å². The smallest absolute Gasteiger partial charge is 0.259 e. The van der Waals surface area contributed by atoms with Gasteiger partial charge in [0.05, 0.1) is 32.4 Å². The fraction of sp³-hybridized carbons (Fsp3) is 0.462. The highest BCUT2D eigenvalue weighted by atomic mass is 16.5. The van der Waals surface area contributed by atoms with E-state index in [4.69, 9.17) is 9.47 Å². The first-order chi connectivity index (χ1) is 22.7. The Labute approximate surface area is 279 Å². The minimum absolute atomic E-state index is 0.144. The molecule has 2 amide bonds. The van der Waals surface area contributed by atoms with Crippen LogP contribution in [0, 0.1) is 17.8 Å². The van der Waals surface area contributed by atoms with Crippen LogP contribution in [0.5, 0.6) is 11.5 Å². The molecule has 5 rings (SSSR count). The van der Waals surface area contributed by atoms with E-state index in [0.717, 1.165) is 74.1 Å². The largest absolute Gasteiger partial charge is 0.493 e. The lowest BCUT2D eigenvalue weighted by atomic mass is 9.85. The number of nitrogens with zero attached hydrogens (tertiary/aromatic N) is 2. The van der Waals surface area contributed by atoms with Gasteiger partial charge in [-0.25, -0.2) is 5.43 Å². The van der Waals surface area contributed by atoms with E-state index in [-0.39, 0.29) is 30.2 Å². The molecule has 2 unspecified atom stereocenters. The Balaban J connectivity index is 1.21. The number of amides is 2. The topological polar surface area (TPSA) is 92.3 Å². The Morgan fingerprint density at radius 3 is 2.26 bits per heavy atom. The molecule has 0 saturated carbocycles. The van der Waals surface area contributed by atoms with E-state index in [1.54, 1.807) is 14.2 Å². The molecule has 2 aliphatic rings. The van der Waals surface area contributed by atoms with Crippen molar-refractivity contribution in [3.63, 3.8) is 0 Å². The molecule has 1 heterocycles. The average molecular weight is 639 g/mol. The van der Waals surface area contributed by atoms with E-state index >= 15 is 0 Å². The molecule has 8 heteroatoms. The number of piperidine rings is 1. The number of nitrogens with one attached hydrogen (secondary N) is 2. The van der Waals surface area contributed by atoms with Crippen LogP contribution in [0.15, 0.2) is 71.8 Å². The number of carbonyl (C=O) groups is 2. The monoisotopic (exact) mass is 638 g/mol. The summed E-state index contributed by atoms with van der Waals surface area (Å²) in [5.74, 6) is 1.73. The lowest BCUT2D eigenvalue weighted by molar-refractivity contribution is -0.126. The van der Waals surface area contributed by atoms with E-state index in [1.807, 2.05) is 31.2 Å². The number of benzene rings is 3. The zero-order valence-electron chi connectivity index (χ0n) is 28.6. The van der Waals surface area contributed by atoms with Crippen LogP contribution in [-0.2, 0) is 29.0 Å². The van der Waals surface area contributed by atoms with Gasteiger partial charge in [-0.3, -0.25) is 14.5 Å². The maximum absolute atomic E-state index is 12.9. The van der Waals surface area contributed by atoms with Crippen LogP contribution < -0.4 is 20.2 Å². The summed E-state index contributed by atoms with van der Waals surface area (Å²) in [6.45, 7) is 9.23. The molecule has 1 fully saturated rings. The molecule has 8 nitrogen and oxygen atoms in total. The third-order valence-electron chi connectivity index (χ3n) is 9.55. The molecule has 47 heavy (non-hydrogen) atoms. The molecule has 0 spiro atoms. The molecule has 1 saturated heterocycles. The number of ether oxygens (including phenoxy) is 2. The Kier molecular flexibility index (Phi) is 11.7. The SMILES string of the molecule is COc1cc2c(cc1OC)/C(=N\NC(=O)CNC(=O)C(C)c1ccc(CC(C)C)cc1)C(CC1CCN(Cc3ccccc3)CC1)C2. The Morgan fingerprint density at radius 2 is 1.60 bits per heavy atom.